The molecule has 1 aromatic carbocycles. The van der Waals surface area contributed by atoms with Crippen molar-refractivity contribution < 1.29 is 9.53 Å². The number of hydrogen-bond acceptors (Lipinski definition) is 6. The van der Waals surface area contributed by atoms with E-state index >= 15 is 0 Å². The van der Waals surface area contributed by atoms with Crippen molar-refractivity contribution in [1.82, 2.24) is 15.1 Å². The number of carbonyl (C=O) groups excluding carboxylic acids is 1. The molecule has 7 heteroatoms. The second-order valence-corrected chi connectivity index (χ2v) is 13.3. The predicted octanol–water partition coefficient (Wildman–Crippen LogP) is 7.43. The molecule has 1 N–H and O–H groups in total. The summed E-state index contributed by atoms with van der Waals surface area (Å²) in [6, 6.07) is 8.37. The number of allylic oxidation sites excluding steroid dienone is 6. The molecule has 236 valence electrons. The van der Waals surface area contributed by atoms with Crippen molar-refractivity contribution in [1.29, 1.82) is 0 Å². The van der Waals surface area contributed by atoms with Gasteiger partial charge in [0.1, 0.15) is 18.1 Å². The number of aldehydes is 1. The zero-order chi connectivity index (χ0) is 31.5. The van der Waals surface area contributed by atoms with Crippen LogP contribution >= 0.6 is 11.6 Å². The third-order valence-electron chi connectivity index (χ3n) is 8.47. The smallest absolute Gasteiger partial charge is 0.138 e. The van der Waals surface area contributed by atoms with Gasteiger partial charge < -0.3 is 19.7 Å². The summed E-state index contributed by atoms with van der Waals surface area (Å²) in [6.45, 7) is 13.5. The molecule has 1 aromatic rings. The fraction of sp³-hybridized carbons (Fsp3) is 0.459. The lowest BCUT2D eigenvalue weighted by Gasteiger charge is -2.39. The zero-order valence-corrected chi connectivity index (χ0v) is 27.8. The van der Waals surface area contributed by atoms with Gasteiger partial charge in [-0.3, -0.25) is 9.89 Å². The van der Waals surface area contributed by atoms with Gasteiger partial charge >= 0.3 is 0 Å². The molecule has 6 nitrogen and oxygen atoms in total. The number of nitrogens with one attached hydrogen (secondary N) is 1. The van der Waals surface area contributed by atoms with Gasteiger partial charge in [-0.25, -0.2) is 0 Å². The van der Waals surface area contributed by atoms with Crippen LogP contribution in [0.2, 0.25) is 5.02 Å². The molecule has 0 aromatic heterocycles. The Morgan fingerprint density at radius 2 is 1.93 bits per heavy atom. The summed E-state index contributed by atoms with van der Waals surface area (Å²) in [5, 5.41) is 3.80. The fourth-order valence-electron chi connectivity index (χ4n) is 5.85. The van der Waals surface area contributed by atoms with Crippen LogP contribution in [0.4, 0.5) is 0 Å². The van der Waals surface area contributed by atoms with Gasteiger partial charge in [-0.1, -0.05) is 68.3 Å². The lowest BCUT2D eigenvalue weighted by atomic mass is 9.72. The Balaban J connectivity index is 1.44. The summed E-state index contributed by atoms with van der Waals surface area (Å²) in [5.74, 6) is 0.692. The van der Waals surface area contributed by atoms with E-state index in [4.69, 9.17) is 16.3 Å². The van der Waals surface area contributed by atoms with Crippen LogP contribution in [-0.4, -0.2) is 68.2 Å². The second-order valence-electron chi connectivity index (χ2n) is 12.9. The molecule has 2 heterocycles. The molecule has 0 radical (unpaired) electrons. The normalized spacial score (nSPS) is 22.7. The summed E-state index contributed by atoms with van der Waals surface area (Å²) in [4.78, 5) is 20.8. The van der Waals surface area contributed by atoms with Gasteiger partial charge in [0.05, 0.1) is 6.20 Å². The van der Waals surface area contributed by atoms with E-state index in [1.165, 1.54) is 17.6 Å². The average molecular weight is 617 g/mol. The molecule has 3 aliphatic rings. The van der Waals surface area contributed by atoms with Crippen molar-refractivity contribution in [2.75, 3.05) is 39.8 Å². The van der Waals surface area contributed by atoms with Gasteiger partial charge in [-0.15, -0.1) is 0 Å². The summed E-state index contributed by atoms with van der Waals surface area (Å²) in [7, 11) is 1.88. The molecule has 1 fully saturated rings. The number of benzene rings is 1. The van der Waals surface area contributed by atoms with E-state index in [9.17, 15) is 4.79 Å². The van der Waals surface area contributed by atoms with Gasteiger partial charge in [0.2, 0.25) is 0 Å². The minimum Gasteiger partial charge on any atom is -0.485 e. The first kappa shape index (κ1) is 33.5. The lowest BCUT2D eigenvalue weighted by molar-refractivity contribution is -0.109. The van der Waals surface area contributed by atoms with Gasteiger partial charge in [0, 0.05) is 68.5 Å². The molecule has 0 saturated carbocycles. The number of nitrogens with zero attached hydrogens (tertiary/aromatic N) is 3. The number of halogens is 1. The van der Waals surface area contributed by atoms with Crippen LogP contribution in [0.3, 0.4) is 0 Å². The maximum atomic E-state index is 11.4. The van der Waals surface area contributed by atoms with Gasteiger partial charge in [-0.2, -0.15) is 0 Å². The molecule has 3 unspecified atom stereocenters. The summed E-state index contributed by atoms with van der Waals surface area (Å²) >= 11 is 6.21. The second kappa shape index (κ2) is 16.1. The highest BCUT2D eigenvalue weighted by Crippen LogP contribution is 2.43. The molecule has 4 rings (SSSR count). The highest BCUT2D eigenvalue weighted by molar-refractivity contribution is 6.30. The van der Waals surface area contributed by atoms with E-state index in [2.05, 4.69) is 64.3 Å². The first-order chi connectivity index (χ1) is 21.2. The van der Waals surface area contributed by atoms with Crippen LogP contribution in [0.5, 0.6) is 0 Å². The molecular formula is C37H49ClN4O2. The quantitative estimate of drug-likeness (QED) is 0.195. The van der Waals surface area contributed by atoms with Crippen molar-refractivity contribution >= 4 is 29.7 Å². The van der Waals surface area contributed by atoms with E-state index in [1.54, 1.807) is 11.8 Å². The van der Waals surface area contributed by atoms with Crippen LogP contribution in [0.15, 0.2) is 95.1 Å². The highest BCUT2D eigenvalue weighted by atomic mass is 35.5. The monoisotopic (exact) mass is 616 g/mol. The predicted molar refractivity (Wildman–Crippen MR) is 184 cm³/mol. The minimum absolute atomic E-state index is 0.114. The minimum atomic E-state index is -0.174. The number of rotatable bonds is 12. The van der Waals surface area contributed by atoms with Crippen molar-refractivity contribution in [2.45, 2.75) is 53.1 Å². The SMILES string of the molecule is CN/C=C\C1C=CC(OC(C)/C=C(\C=C/C(C)C=O)N2CCN(CC3=C(c4ccc(Cl)cc4)CC(C)(C)CC3)CC2)=CN=C1. The largest absolute Gasteiger partial charge is 0.485 e. The topological polar surface area (TPSA) is 57.2 Å². The zero-order valence-electron chi connectivity index (χ0n) is 27.0. The Labute approximate surface area is 269 Å². The van der Waals surface area contributed by atoms with Gasteiger partial charge in [-0.05, 0) is 79.3 Å². The van der Waals surface area contributed by atoms with Crippen LogP contribution in [0.1, 0.15) is 52.5 Å². The number of ether oxygens (including phenoxy) is 1. The molecule has 2 aliphatic heterocycles. The standard InChI is InChI=1S/C37H49ClN4O2/c1-28(27-43)6-12-34(22-29(2)44-35-13-7-30(15-17-39-5)24-40-25-35)42-20-18-41(19-21-42)26-32-14-16-37(3,4)23-36(32)31-8-10-33(38)11-9-31/h6-13,15,17,22,24-25,27-30,39H,14,16,18-21,23,26H2,1-5H3/b12-6-,17-15-,34-22+. The van der Waals surface area contributed by atoms with Crippen LogP contribution in [0.25, 0.3) is 5.57 Å². The van der Waals surface area contributed by atoms with Crippen molar-refractivity contribution in [2.24, 2.45) is 22.2 Å². The average Bonchev–Trinajstić information content (AvgIpc) is 3.24. The summed E-state index contributed by atoms with van der Waals surface area (Å²) in [5.41, 5.74) is 5.75. The van der Waals surface area contributed by atoms with E-state index in [0.29, 0.717) is 5.41 Å². The third-order valence-corrected chi connectivity index (χ3v) is 8.72. The Morgan fingerprint density at radius 1 is 1.18 bits per heavy atom. The maximum absolute atomic E-state index is 11.4. The molecule has 1 aliphatic carbocycles. The van der Waals surface area contributed by atoms with Crippen LogP contribution < -0.4 is 5.32 Å². The fourth-order valence-corrected chi connectivity index (χ4v) is 5.98. The van der Waals surface area contributed by atoms with Gasteiger partial charge in [0.15, 0.2) is 0 Å². The Hall–Kier alpha value is -3.35. The Kier molecular flexibility index (Phi) is 12.3. The van der Waals surface area contributed by atoms with Crippen LogP contribution in [0, 0.1) is 17.3 Å². The van der Waals surface area contributed by atoms with E-state index < -0.39 is 0 Å². The molecule has 44 heavy (non-hydrogen) atoms. The first-order valence-electron chi connectivity index (χ1n) is 15.9. The lowest BCUT2D eigenvalue weighted by Crippen LogP contribution is -2.46. The van der Waals surface area contributed by atoms with Crippen molar-refractivity contribution in [3.63, 3.8) is 0 Å². The molecule has 0 spiro atoms. The first-order valence-corrected chi connectivity index (χ1v) is 16.3. The molecule has 3 atom stereocenters. The van der Waals surface area contributed by atoms with E-state index in [1.807, 2.05) is 63.7 Å². The Bertz CT molecular complexity index is 1330. The van der Waals surface area contributed by atoms with E-state index in [-0.39, 0.29) is 17.9 Å². The molecule has 1 saturated heterocycles. The molecule has 0 amide bonds. The van der Waals surface area contributed by atoms with Crippen molar-refractivity contribution in [3.8, 4) is 0 Å². The molecular weight excluding hydrogens is 568 g/mol. The number of hydrogen-bond donors (Lipinski definition) is 1. The van der Waals surface area contributed by atoms with E-state index in [0.717, 1.165) is 68.3 Å². The number of aliphatic imine (C=N–C) groups is 1. The van der Waals surface area contributed by atoms with Crippen molar-refractivity contribution in [3.05, 3.63) is 101 Å². The molecule has 0 bridgehead atoms. The van der Waals surface area contributed by atoms with Crippen LogP contribution in [-0.2, 0) is 9.53 Å². The maximum Gasteiger partial charge on any atom is 0.138 e. The highest BCUT2D eigenvalue weighted by Gasteiger charge is 2.29. The third kappa shape index (κ3) is 10.1. The summed E-state index contributed by atoms with van der Waals surface area (Å²) < 4.78 is 6.27. The number of carbonyl (C=O) groups is 1. The van der Waals surface area contributed by atoms with Gasteiger partial charge in [0.25, 0.3) is 0 Å². The number of piperazine rings is 1. The Morgan fingerprint density at radius 3 is 2.64 bits per heavy atom. The summed E-state index contributed by atoms with van der Waals surface area (Å²) in [6.07, 6.45) is 22.1.